The number of aliphatic imine (C=N–C) groups is 1. The predicted molar refractivity (Wildman–Crippen MR) is 67.8 cm³/mol. The van der Waals surface area contributed by atoms with Gasteiger partial charge in [-0.15, -0.1) is 6.58 Å². The highest BCUT2D eigenvalue weighted by atomic mass is 32.1. The van der Waals surface area contributed by atoms with E-state index in [1.165, 1.54) is 11.3 Å². The molecule has 2 rings (SSSR count). The van der Waals surface area contributed by atoms with E-state index in [2.05, 4.69) is 16.6 Å². The van der Waals surface area contributed by atoms with Crippen LogP contribution in [0.2, 0.25) is 0 Å². The van der Waals surface area contributed by atoms with Gasteiger partial charge in [0.1, 0.15) is 5.69 Å². The van der Waals surface area contributed by atoms with Crippen LogP contribution < -0.4 is 4.74 Å². The SMILES string of the molecule is C=CCON(C)C1CN=Cc2nc(OC)sc21. The minimum Gasteiger partial charge on any atom is -0.473 e. The lowest BCUT2D eigenvalue weighted by Gasteiger charge is -2.26. The van der Waals surface area contributed by atoms with Crippen molar-refractivity contribution in [3.8, 4) is 5.19 Å². The molecule has 5 nitrogen and oxygen atoms in total. The standard InChI is InChI=1S/C11H15N3O2S/c1-4-5-16-14(2)9-7-12-6-8-10(9)17-11(13-8)15-3/h4,6,9H,1,5,7H2,2-3H3. The van der Waals surface area contributed by atoms with Crippen LogP contribution in [-0.2, 0) is 4.84 Å². The Morgan fingerprint density at radius 2 is 2.53 bits per heavy atom. The molecule has 1 aliphatic heterocycles. The van der Waals surface area contributed by atoms with Crippen molar-refractivity contribution in [3.63, 3.8) is 0 Å². The third kappa shape index (κ3) is 2.54. The fraction of sp³-hybridized carbons (Fsp3) is 0.455. The number of aromatic nitrogens is 1. The molecule has 0 aliphatic carbocycles. The van der Waals surface area contributed by atoms with Crippen molar-refractivity contribution in [1.82, 2.24) is 10.0 Å². The molecule has 1 atom stereocenters. The number of rotatable bonds is 5. The Hall–Kier alpha value is -1.24. The first-order chi connectivity index (χ1) is 8.26. The second-order valence-electron chi connectivity index (χ2n) is 3.57. The Labute approximate surface area is 104 Å². The van der Waals surface area contributed by atoms with Crippen LogP contribution in [0.1, 0.15) is 16.6 Å². The lowest BCUT2D eigenvalue weighted by Crippen LogP contribution is -2.29. The largest absolute Gasteiger partial charge is 0.473 e. The zero-order valence-corrected chi connectivity index (χ0v) is 10.7. The second-order valence-corrected chi connectivity index (χ2v) is 4.57. The van der Waals surface area contributed by atoms with Gasteiger partial charge in [-0.05, 0) is 0 Å². The molecule has 92 valence electrons. The van der Waals surface area contributed by atoms with Crippen molar-refractivity contribution in [2.45, 2.75) is 6.04 Å². The Balaban J connectivity index is 2.18. The van der Waals surface area contributed by atoms with E-state index in [0.717, 1.165) is 10.6 Å². The molecular formula is C11H15N3O2S. The van der Waals surface area contributed by atoms with Crippen LogP contribution >= 0.6 is 11.3 Å². The average molecular weight is 253 g/mol. The van der Waals surface area contributed by atoms with Crippen LogP contribution in [0.3, 0.4) is 0 Å². The number of hydrogen-bond donors (Lipinski definition) is 0. The average Bonchev–Trinajstić information content (AvgIpc) is 2.78. The van der Waals surface area contributed by atoms with Gasteiger partial charge >= 0.3 is 0 Å². The molecule has 0 amide bonds. The number of methoxy groups -OCH3 is 1. The van der Waals surface area contributed by atoms with Gasteiger partial charge in [0.25, 0.3) is 5.19 Å². The van der Waals surface area contributed by atoms with Crippen molar-refractivity contribution in [2.75, 3.05) is 27.3 Å². The van der Waals surface area contributed by atoms with Gasteiger partial charge in [-0.2, -0.15) is 5.06 Å². The maximum absolute atomic E-state index is 5.51. The molecule has 0 saturated carbocycles. The van der Waals surface area contributed by atoms with Crippen molar-refractivity contribution >= 4 is 17.6 Å². The molecule has 0 aromatic carbocycles. The van der Waals surface area contributed by atoms with Gasteiger partial charge in [0.2, 0.25) is 0 Å². The quantitative estimate of drug-likeness (QED) is 0.591. The molecule has 6 heteroatoms. The summed E-state index contributed by atoms with van der Waals surface area (Å²) in [4.78, 5) is 15.3. The van der Waals surface area contributed by atoms with E-state index in [0.29, 0.717) is 18.3 Å². The summed E-state index contributed by atoms with van der Waals surface area (Å²) in [6.45, 7) is 4.79. The summed E-state index contributed by atoms with van der Waals surface area (Å²) in [7, 11) is 3.51. The normalized spacial score (nSPS) is 18.2. The molecule has 0 radical (unpaired) electrons. The number of hydrogen-bond acceptors (Lipinski definition) is 6. The van der Waals surface area contributed by atoms with E-state index in [1.54, 1.807) is 24.5 Å². The van der Waals surface area contributed by atoms with Crippen molar-refractivity contribution in [3.05, 3.63) is 23.2 Å². The first-order valence-corrected chi connectivity index (χ1v) is 6.09. The van der Waals surface area contributed by atoms with Gasteiger partial charge in [-0.25, -0.2) is 4.98 Å². The molecule has 1 unspecified atom stereocenters. The summed E-state index contributed by atoms with van der Waals surface area (Å²) in [5.41, 5.74) is 0.872. The summed E-state index contributed by atoms with van der Waals surface area (Å²) >= 11 is 1.53. The fourth-order valence-corrected chi connectivity index (χ4v) is 2.58. The Morgan fingerprint density at radius 3 is 3.24 bits per heavy atom. The van der Waals surface area contributed by atoms with E-state index in [4.69, 9.17) is 9.57 Å². The summed E-state index contributed by atoms with van der Waals surface area (Å²) in [5.74, 6) is 0. The number of likely N-dealkylation sites (N-methyl/N-ethyl adjacent to an activating group) is 1. The highest BCUT2D eigenvalue weighted by Gasteiger charge is 2.26. The topological polar surface area (TPSA) is 47.0 Å². The van der Waals surface area contributed by atoms with Crippen molar-refractivity contribution < 1.29 is 9.57 Å². The molecule has 2 heterocycles. The number of thiazole rings is 1. The first-order valence-electron chi connectivity index (χ1n) is 5.27. The van der Waals surface area contributed by atoms with E-state index < -0.39 is 0 Å². The predicted octanol–water partition coefficient (Wildman–Crippen LogP) is 1.67. The first kappa shape index (κ1) is 12.2. The van der Waals surface area contributed by atoms with Crippen LogP contribution in [-0.4, -0.2) is 43.6 Å². The summed E-state index contributed by atoms with van der Waals surface area (Å²) < 4.78 is 5.15. The third-order valence-electron chi connectivity index (χ3n) is 2.47. The molecule has 1 aromatic rings. The fourth-order valence-electron chi connectivity index (χ4n) is 1.60. The Kier molecular flexibility index (Phi) is 3.88. The van der Waals surface area contributed by atoms with Gasteiger partial charge in [0.15, 0.2) is 0 Å². The van der Waals surface area contributed by atoms with Crippen molar-refractivity contribution in [2.24, 2.45) is 4.99 Å². The molecule has 0 saturated heterocycles. The van der Waals surface area contributed by atoms with Gasteiger partial charge in [-0.1, -0.05) is 17.4 Å². The molecule has 1 aliphatic rings. The Bertz CT molecular complexity index is 430. The minimum absolute atomic E-state index is 0.0938. The second kappa shape index (κ2) is 5.39. The smallest absolute Gasteiger partial charge is 0.273 e. The molecule has 0 N–H and O–H groups in total. The maximum atomic E-state index is 5.51. The zero-order chi connectivity index (χ0) is 12.3. The van der Waals surface area contributed by atoms with Gasteiger partial charge in [-0.3, -0.25) is 9.83 Å². The number of fused-ring (bicyclic) bond motifs is 1. The minimum atomic E-state index is 0.0938. The number of hydroxylamine groups is 2. The molecular weight excluding hydrogens is 238 g/mol. The van der Waals surface area contributed by atoms with Crippen LogP contribution in [0.25, 0.3) is 0 Å². The highest BCUT2D eigenvalue weighted by Crippen LogP contribution is 2.34. The molecule has 0 fully saturated rings. The molecule has 0 spiro atoms. The summed E-state index contributed by atoms with van der Waals surface area (Å²) in [5, 5.41) is 2.46. The third-order valence-corrected chi connectivity index (χ3v) is 3.60. The van der Waals surface area contributed by atoms with E-state index in [9.17, 15) is 0 Å². The van der Waals surface area contributed by atoms with Crippen LogP contribution in [0.4, 0.5) is 0 Å². The number of ether oxygens (including phenoxy) is 1. The Morgan fingerprint density at radius 1 is 1.71 bits per heavy atom. The lowest BCUT2D eigenvalue weighted by molar-refractivity contribution is -0.156. The van der Waals surface area contributed by atoms with Crippen LogP contribution in [0.15, 0.2) is 17.6 Å². The summed E-state index contributed by atoms with van der Waals surface area (Å²) in [6, 6.07) is 0.0938. The molecule has 1 aromatic heterocycles. The van der Waals surface area contributed by atoms with Crippen LogP contribution in [0.5, 0.6) is 5.19 Å². The maximum Gasteiger partial charge on any atom is 0.273 e. The van der Waals surface area contributed by atoms with Crippen molar-refractivity contribution in [1.29, 1.82) is 0 Å². The van der Waals surface area contributed by atoms with E-state index >= 15 is 0 Å². The van der Waals surface area contributed by atoms with E-state index in [-0.39, 0.29) is 6.04 Å². The van der Waals surface area contributed by atoms with Gasteiger partial charge in [0.05, 0.1) is 31.2 Å². The highest BCUT2D eigenvalue weighted by molar-refractivity contribution is 7.13. The summed E-state index contributed by atoms with van der Waals surface area (Å²) in [6.07, 6.45) is 3.50. The monoisotopic (exact) mass is 253 g/mol. The number of nitrogens with zero attached hydrogens (tertiary/aromatic N) is 3. The molecule has 0 bridgehead atoms. The van der Waals surface area contributed by atoms with E-state index in [1.807, 2.05) is 7.05 Å². The van der Waals surface area contributed by atoms with Crippen LogP contribution in [0, 0.1) is 0 Å². The lowest BCUT2D eigenvalue weighted by atomic mass is 10.2. The zero-order valence-electron chi connectivity index (χ0n) is 9.92. The molecule has 17 heavy (non-hydrogen) atoms. The van der Waals surface area contributed by atoms with Gasteiger partial charge in [0, 0.05) is 13.3 Å². The van der Waals surface area contributed by atoms with Gasteiger partial charge < -0.3 is 4.74 Å².